The van der Waals surface area contributed by atoms with Crippen molar-refractivity contribution in [3.05, 3.63) is 42.5 Å². The summed E-state index contributed by atoms with van der Waals surface area (Å²) >= 11 is 0. The number of nitrogens with one attached hydrogen (secondary N) is 3. The first kappa shape index (κ1) is 17.8. The van der Waals surface area contributed by atoms with E-state index in [9.17, 15) is 4.79 Å². The molecule has 0 radical (unpaired) electrons. The van der Waals surface area contributed by atoms with E-state index in [1.54, 1.807) is 7.11 Å². The van der Waals surface area contributed by atoms with E-state index in [2.05, 4.69) is 34.7 Å². The standard InChI is InChI=1S/C20H24N4O2/c1-4-14(5-2)21-20(25)22-19-16-11-10-13(12-17(16)23-24-19)15-8-6-7-9-18(15)26-3/h6-12,14H,4-5H2,1-3H3,(H3,21,22,23,24,25). The third-order valence-electron chi connectivity index (χ3n) is 4.53. The lowest BCUT2D eigenvalue weighted by molar-refractivity contribution is 0.247. The molecule has 0 spiro atoms. The summed E-state index contributed by atoms with van der Waals surface area (Å²) in [4.78, 5) is 12.2. The molecule has 26 heavy (non-hydrogen) atoms. The number of fused-ring (bicyclic) bond motifs is 1. The van der Waals surface area contributed by atoms with Gasteiger partial charge in [-0.25, -0.2) is 4.79 Å². The Labute approximate surface area is 152 Å². The summed E-state index contributed by atoms with van der Waals surface area (Å²) < 4.78 is 5.44. The molecule has 0 bridgehead atoms. The molecule has 6 heteroatoms. The number of amides is 2. The van der Waals surface area contributed by atoms with Crippen LogP contribution in [0.3, 0.4) is 0 Å². The molecule has 6 nitrogen and oxygen atoms in total. The van der Waals surface area contributed by atoms with E-state index in [0.29, 0.717) is 5.82 Å². The molecule has 3 aromatic rings. The predicted molar refractivity (Wildman–Crippen MR) is 105 cm³/mol. The number of methoxy groups -OCH3 is 1. The summed E-state index contributed by atoms with van der Waals surface area (Å²) in [5.74, 6) is 1.34. The van der Waals surface area contributed by atoms with Crippen molar-refractivity contribution in [2.24, 2.45) is 0 Å². The van der Waals surface area contributed by atoms with Gasteiger partial charge in [0.1, 0.15) is 5.75 Å². The molecule has 0 unspecified atom stereocenters. The van der Waals surface area contributed by atoms with Crippen LogP contribution in [0.4, 0.5) is 10.6 Å². The zero-order valence-corrected chi connectivity index (χ0v) is 15.3. The van der Waals surface area contributed by atoms with Gasteiger partial charge in [-0.05, 0) is 36.6 Å². The fraction of sp³-hybridized carbons (Fsp3) is 0.300. The lowest BCUT2D eigenvalue weighted by Gasteiger charge is -2.14. The van der Waals surface area contributed by atoms with E-state index in [-0.39, 0.29) is 12.1 Å². The van der Waals surface area contributed by atoms with Crippen molar-refractivity contribution < 1.29 is 9.53 Å². The largest absolute Gasteiger partial charge is 0.496 e. The van der Waals surface area contributed by atoms with Crippen molar-refractivity contribution in [1.82, 2.24) is 15.5 Å². The molecule has 0 saturated heterocycles. The highest BCUT2D eigenvalue weighted by Gasteiger charge is 2.13. The number of carbonyl (C=O) groups is 1. The number of rotatable bonds is 6. The highest BCUT2D eigenvalue weighted by Crippen LogP contribution is 2.32. The monoisotopic (exact) mass is 352 g/mol. The third kappa shape index (κ3) is 3.64. The summed E-state index contributed by atoms with van der Waals surface area (Å²) in [6, 6.07) is 13.7. The van der Waals surface area contributed by atoms with Gasteiger partial charge < -0.3 is 10.1 Å². The normalized spacial score (nSPS) is 10.9. The topological polar surface area (TPSA) is 79.0 Å². The first-order valence-electron chi connectivity index (χ1n) is 8.85. The number of aromatic amines is 1. The fourth-order valence-corrected chi connectivity index (χ4v) is 2.99. The maximum absolute atomic E-state index is 12.2. The van der Waals surface area contributed by atoms with Crippen molar-refractivity contribution in [3.63, 3.8) is 0 Å². The smallest absolute Gasteiger partial charge is 0.320 e. The molecular weight excluding hydrogens is 328 g/mol. The number of benzene rings is 2. The summed E-state index contributed by atoms with van der Waals surface area (Å²) in [6.45, 7) is 4.11. The number of hydrogen-bond donors (Lipinski definition) is 3. The van der Waals surface area contributed by atoms with Crippen LogP contribution < -0.4 is 15.4 Å². The molecule has 2 aromatic carbocycles. The van der Waals surface area contributed by atoms with Crippen molar-refractivity contribution in [2.75, 3.05) is 12.4 Å². The summed E-state index contributed by atoms with van der Waals surface area (Å²) in [5, 5.41) is 13.9. The molecule has 3 rings (SSSR count). The average Bonchev–Trinajstić information content (AvgIpc) is 3.07. The molecule has 3 N–H and O–H groups in total. The number of H-pyrrole nitrogens is 1. The summed E-state index contributed by atoms with van der Waals surface area (Å²) in [7, 11) is 1.66. The zero-order valence-electron chi connectivity index (χ0n) is 15.3. The van der Waals surface area contributed by atoms with Gasteiger partial charge in [0, 0.05) is 17.0 Å². The minimum atomic E-state index is -0.235. The lowest BCUT2D eigenvalue weighted by atomic mass is 10.0. The molecule has 136 valence electrons. The van der Waals surface area contributed by atoms with Crippen LogP contribution in [0.1, 0.15) is 26.7 Å². The first-order chi connectivity index (χ1) is 12.7. The van der Waals surface area contributed by atoms with Gasteiger partial charge in [-0.2, -0.15) is 5.10 Å². The Kier molecular flexibility index (Phi) is 5.41. The van der Waals surface area contributed by atoms with Crippen LogP contribution in [0.5, 0.6) is 5.75 Å². The number of anilines is 1. The summed E-state index contributed by atoms with van der Waals surface area (Å²) in [5.41, 5.74) is 2.88. The number of para-hydroxylation sites is 1. The van der Waals surface area contributed by atoms with Crippen molar-refractivity contribution in [2.45, 2.75) is 32.7 Å². The predicted octanol–water partition coefficient (Wildman–Crippen LogP) is 4.55. The highest BCUT2D eigenvalue weighted by molar-refractivity contribution is 6.00. The number of aromatic nitrogens is 2. The number of nitrogens with zero attached hydrogens (tertiary/aromatic N) is 1. The Morgan fingerprint density at radius 2 is 1.96 bits per heavy atom. The van der Waals surface area contributed by atoms with Gasteiger partial charge in [-0.3, -0.25) is 10.4 Å². The van der Waals surface area contributed by atoms with Crippen LogP contribution in [-0.2, 0) is 0 Å². The van der Waals surface area contributed by atoms with Crippen molar-refractivity contribution >= 4 is 22.8 Å². The maximum atomic E-state index is 12.2. The first-order valence-corrected chi connectivity index (χ1v) is 8.85. The fourth-order valence-electron chi connectivity index (χ4n) is 2.99. The van der Waals surface area contributed by atoms with Gasteiger partial charge in [-0.15, -0.1) is 0 Å². The van der Waals surface area contributed by atoms with Crippen LogP contribution in [0.15, 0.2) is 42.5 Å². The molecular formula is C20H24N4O2. The van der Waals surface area contributed by atoms with Crippen LogP contribution in [-0.4, -0.2) is 29.4 Å². The summed E-state index contributed by atoms with van der Waals surface area (Å²) in [6.07, 6.45) is 1.79. The SMILES string of the molecule is CCC(CC)NC(=O)Nc1n[nH]c2cc(-c3ccccc3OC)ccc12. The van der Waals surface area contributed by atoms with Gasteiger partial charge >= 0.3 is 6.03 Å². The Morgan fingerprint density at radius 3 is 2.69 bits per heavy atom. The number of ether oxygens (including phenoxy) is 1. The Morgan fingerprint density at radius 1 is 1.19 bits per heavy atom. The third-order valence-corrected chi connectivity index (χ3v) is 4.53. The van der Waals surface area contributed by atoms with E-state index in [1.165, 1.54) is 0 Å². The number of urea groups is 1. The molecule has 0 atom stereocenters. The quantitative estimate of drug-likeness (QED) is 0.609. The highest BCUT2D eigenvalue weighted by atomic mass is 16.5. The van der Waals surface area contributed by atoms with E-state index in [0.717, 1.165) is 40.6 Å². The molecule has 0 aliphatic rings. The van der Waals surface area contributed by atoms with Crippen LogP contribution in [0.2, 0.25) is 0 Å². The van der Waals surface area contributed by atoms with Gasteiger partial charge in [0.05, 0.1) is 12.6 Å². The molecule has 1 aromatic heterocycles. The van der Waals surface area contributed by atoms with Gasteiger partial charge in [0.25, 0.3) is 0 Å². The molecule has 0 saturated carbocycles. The maximum Gasteiger partial charge on any atom is 0.320 e. The minimum Gasteiger partial charge on any atom is -0.496 e. The molecule has 2 amide bonds. The van der Waals surface area contributed by atoms with Gasteiger partial charge in [0.2, 0.25) is 0 Å². The second kappa shape index (κ2) is 7.91. The van der Waals surface area contributed by atoms with E-state index < -0.39 is 0 Å². The Hall–Kier alpha value is -3.02. The van der Waals surface area contributed by atoms with Crippen molar-refractivity contribution in [3.8, 4) is 16.9 Å². The van der Waals surface area contributed by atoms with Gasteiger partial charge in [-0.1, -0.05) is 38.1 Å². The van der Waals surface area contributed by atoms with E-state index in [4.69, 9.17) is 4.74 Å². The molecule has 0 aliphatic heterocycles. The second-order valence-electron chi connectivity index (χ2n) is 6.14. The molecule has 0 aliphatic carbocycles. The number of hydrogen-bond acceptors (Lipinski definition) is 3. The van der Waals surface area contributed by atoms with Crippen LogP contribution in [0.25, 0.3) is 22.0 Å². The Balaban J connectivity index is 1.84. The average molecular weight is 352 g/mol. The lowest BCUT2D eigenvalue weighted by Crippen LogP contribution is -2.37. The molecule has 1 heterocycles. The number of carbonyl (C=O) groups excluding carboxylic acids is 1. The van der Waals surface area contributed by atoms with Crippen molar-refractivity contribution in [1.29, 1.82) is 0 Å². The van der Waals surface area contributed by atoms with Crippen LogP contribution >= 0.6 is 0 Å². The second-order valence-corrected chi connectivity index (χ2v) is 6.14. The zero-order chi connectivity index (χ0) is 18.5. The van der Waals surface area contributed by atoms with Crippen LogP contribution in [0, 0.1) is 0 Å². The Bertz CT molecular complexity index is 900. The van der Waals surface area contributed by atoms with E-state index in [1.807, 2.05) is 42.5 Å². The van der Waals surface area contributed by atoms with Gasteiger partial charge in [0.15, 0.2) is 5.82 Å². The molecule has 0 fully saturated rings. The van der Waals surface area contributed by atoms with E-state index >= 15 is 0 Å². The minimum absolute atomic E-state index is 0.164.